The number of rotatable bonds is 7. The van der Waals surface area contributed by atoms with Crippen molar-refractivity contribution >= 4 is 11.8 Å². The van der Waals surface area contributed by atoms with Crippen molar-refractivity contribution in [3.63, 3.8) is 0 Å². The molecule has 0 aliphatic carbocycles. The van der Waals surface area contributed by atoms with Gasteiger partial charge in [0, 0.05) is 31.4 Å². The summed E-state index contributed by atoms with van der Waals surface area (Å²) >= 11 is 0. The number of aryl methyl sites for hydroxylation is 1. The maximum Gasteiger partial charge on any atom is 0.191 e. The molecule has 30 heavy (non-hydrogen) atoms. The van der Waals surface area contributed by atoms with Crippen LogP contribution in [-0.2, 0) is 0 Å². The molecule has 1 atom stereocenters. The topological polar surface area (TPSA) is 82.0 Å². The molecule has 0 amide bonds. The predicted octanol–water partition coefficient (Wildman–Crippen LogP) is 2.66. The first-order chi connectivity index (χ1) is 14.6. The van der Waals surface area contributed by atoms with Gasteiger partial charge in [0.25, 0.3) is 0 Å². The third kappa shape index (κ3) is 6.10. The van der Waals surface area contributed by atoms with Gasteiger partial charge >= 0.3 is 0 Å². The largest absolute Gasteiger partial charge is 0.497 e. The number of nitrogens with one attached hydrogen (secondary N) is 2. The number of aliphatic imine (C=N–C) groups is 1. The number of aliphatic hydroxyl groups excluding tert-OH is 1. The minimum Gasteiger partial charge on any atom is -0.497 e. The molecule has 0 bridgehead atoms. The first-order valence-corrected chi connectivity index (χ1v) is 10.6. The van der Waals surface area contributed by atoms with Gasteiger partial charge < -0.3 is 25.4 Å². The molecular formula is C23H33N5O2. The lowest BCUT2D eigenvalue weighted by Crippen LogP contribution is -2.49. The molecule has 1 aliphatic rings. The normalized spacial score (nSPS) is 16.3. The highest BCUT2D eigenvalue weighted by Crippen LogP contribution is 2.20. The third-order valence-electron chi connectivity index (χ3n) is 5.28. The lowest BCUT2D eigenvalue weighted by Gasteiger charge is -2.34. The molecule has 0 saturated carbocycles. The Morgan fingerprint density at radius 3 is 2.73 bits per heavy atom. The first kappa shape index (κ1) is 21.9. The molecule has 3 N–H and O–H groups in total. The van der Waals surface area contributed by atoms with Gasteiger partial charge in [0.05, 0.1) is 19.8 Å². The van der Waals surface area contributed by atoms with E-state index in [0.717, 1.165) is 61.3 Å². The minimum absolute atomic E-state index is 0.286. The number of benzene rings is 1. The SMILES string of the molecule is CCNC(=NCC(O)c1cccc(OC)c1)NC1CCN(c2cccc(C)n2)CC1. The number of aromatic nitrogens is 1. The van der Waals surface area contributed by atoms with E-state index in [1.165, 1.54) is 0 Å². The van der Waals surface area contributed by atoms with E-state index in [9.17, 15) is 5.11 Å². The van der Waals surface area contributed by atoms with E-state index >= 15 is 0 Å². The minimum atomic E-state index is -0.676. The van der Waals surface area contributed by atoms with Crippen LogP contribution in [0.15, 0.2) is 47.5 Å². The van der Waals surface area contributed by atoms with Crippen molar-refractivity contribution in [2.45, 2.75) is 38.8 Å². The van der Waals surface area contributed by atoms with E-state index in [4.69, 9.17) is 4.74 Å². The molecule has 3 rings (SSSR count). The summed E-state index contributed by atoms with van der Waals surface area (Å²) in [5.41, 5.74) is 1.84. The number of hydrogen-bond acceptors (Lipinski definition) is 5. The van der Waals surface area contributed by atoms with E-state index in [2.05, 4.69) is 37.6 Å². The lowest BCUT2D eigenvalue weighted by atomic mass is 10.1. The zero-order valence-corrected chi connectivity index (χ0v) is 18.1. The van der Waals surface area contributed by atoms with Gasteiger partial charge in [-0.3, -0.25) is 4.99 Å². The van der Waals surface area contributed by atoms with Crippen LogP contribution < -0.4 is 20.3 Å². The monoisotopic (exact) mass is 411 g/mol. The molecule has 162 valence electrons. The molecule has 1 aliphatic heterocycles. The van der Waals surface area contributed by atoms with Gasteiger partial charge in [0.1, 0.15) is 11.6 Å². The van der Waals surface area contributed by atoms with E-state index < -0.39 is 6.10 Å². The Hall–Kier alpha value is -2.80. The van der Waals surface area contributed by atoms with Gasteiger partial charge in [-0.2, -0.15) is 0 Å². The summed E-state index contributed by atoms with van der Waals surface area (Å²) in [5, 5.41) is 17.3. The number of piperidine rings is 1. The van der Waals surface area contributed by atoms with Crippen molar-refractivity contribution in [3.05, 3.63) is 53.7 Å². The second-order valence-electron chi connectivity index (χ2n) is 7.55. The van der Waals surface area contributed by atoms with Gasteiger partial charge in [-0.05, 0) is 56.5 Å². The van der Waals surface area contributed by atoms with Gasteiger partial charge in [-0.25, -0.2) is 4.98 Å². The predicted molar refractivity (Wildman–Crippen MR) is 121 cm³/mol. The highest BCUT2D eigenvalue weighted by molar-refractivity contribution is 5.80. The lowest BCUT2D eigenvalue weighted by molar-refractivity contribution is 0.186. The number of pyridine rings is 1. The Bertz CT molecular complexity index is 834. The summed E-state index contributed by atoms with van der Waals surface area (Å²) in [6.07, 6.45) is 1.35. The number of ether oxygens (including phenoxy) is 1. The summed E-state index contributed by atoms with van der Waals surface area (Å²) in [6, 6.07) is 14.0. The maximum absolute atomic E-state index is 10.5. The highest BCUT2D eigenvalue weighted by atomic mass is 16.5. The van der Waals surface area contributed by atoms with Crippen molar-refractivity contribution in [3.8, 4) is 5.75 Å². The number of anilines is 1. The molecule has 1 unspecified atom stereocenters. The second kappa shape index (κ2) is 10.8. The van der Waals surface area contributed by atoms with Crippen LogP contribution in [0.25, 0.3) is 0 Å². The molecule has 1 fully saturated rings. The first-order valence-electron chi connectivity index (χ1n) is 10.6. The van der Waals surface area contributed by atoms with Crippen molar-refractivity contribution in [1.29, 1.82) is 0 Å². The second-order valence-corrected chi connectivity index (χ2v) is 7.55. The van der Waals surface area contributed by atoms with E-state index in [1.54, 1.807) is 7.11 Å². The average molecular weight is 412 g/mol. The summed E-state index contributed by atoms with van der Waals surface area (Å²) in [5.74, 6) is 2.53. The number of methoxy groups -OCH3 is 1. The zero-order valence-electron chi connectivity index (χ0n) is 18.1. The fourth-order valence-corrected chi connectivity index (χ4v) is 3.60. The van der Waals surface area contributed by atoms with Crippen LogP contribution in [0.4, 0.5) is 5.82 Å². The fourth-order valence-electron chi connectivity index (χ4n) is 3.60. The standard InChI is InChI=1S/C23H33N5O2/c1-4-24-23(25-16-21(29)18-8-6-9-20(15-18)30-3)27-19-11-13-28(14-12-19)22-10-5-7-17(2)26-22/h5-10,15,19,21,29H,4,11-14,16H2,1-3H3,(H2,24,25,27). The smallest absolute Gasteiger partial charge is 0.191 e. The van der Waals surface area contributed by atoms with Crippen molar-refractivity contribution < 1.29 is 9.84 Å². The van der Waals surface area contributed by atoms with E-state index in [1.807, 2.05) is 44.2 Å². The molecular weight excluding hydrogens is 378 g/mol. The van der Waals surface area contributed by atoms with Crippen molar-refractivity contribution in [1.82, 2.24) is 15.6 Å². The van der Waals surface area contributed by atoms with Crippen LogP contribution in [0.5, 0.6) is 5.75 Å². The molecule has 2 aromatic rings. The number of nitrogens with zero attached hydrogens (tertiary/aromatic N) is 3. The molecule has 0 spiro atoms. The maximum atomic E-state index is 10.5. The summed E-state index contributed by atoms with van der Waals surface area (Å²) < 4.78 is 5.24. The Balaban J connectivity index is 1.55. The van der Waals surface area contributed by atoms with E-state index in [0.29, 0.717) is 6.04 Å². The van der Waals surface area contributed by atoms with Crippen LogP contribution >= 0.6 is 0 Å². The van der Waals surface area contributed by atoms with Gasteiger partial charge in [-0.1, -0.05) is 18.2 Å². The molecule has 7 heteroatoms. The fraction of sp³-hybridized carbons (Fsp3) is 0.478. The molecule has 0 radical (unpaired) electrons. The Morgan fingerprint density at radius 2 is 2.03 bits per heavy atom. The zero-order chi connectivity index (χ0) is 21.3. The summed E-state index contributed by atoms with van der Waals surface area (Å²) in [6.45, 7) is 7.04. The van der Waals surface area contributed by atoms with Crippen molar-refractivity contribution in [2.24, 2.45) is 4.99 Å². The number of hydrogen-bond donors (Lipinski definition) is 3. The van der Waals surface area contributed by atoms with Gasteiger partial charge in [-0.15, -0.1) is 0 Å². The Kier molecular flexibility index (Phi) is 7.90. The molecule has 1 aromatic carbocycles. The molecule has 1 aromatic heterocycles. The Labute approximate surface area is 179 Å². The molecule has 2 heterocycles. The third-order valence-corrected chi connectivity index (χ3v) is 5.28. The number of guanidine groups is 1. The molecule has 7 nitrogen and oxygen atoms in total. The van der Waals surface area contributed by atoms with Crippen molar-refractivity contribution in [2.75, 3.05) is 38.2 Å². The summed E-state index contributed by atoms with van der Waals surface area (Å²) in [4.78, 5) is 11.6. The highest BCUT2D eigenvalue weighted by Gasteiger charge is 2.21. The summed E-state index contributed by atoms with van der Waals surface area (Å²) in [7, 11) is 1.62. The van der Waals surface area contributed by atoms with Gasteiger partial charge in [0.2, 0.25) is 0 Å². The van der Waals surface area contributed by atoms with Crippen LogP contribution in [-0.4, -0.2) is 55.4 Å². The molecule has 1 saturated heterocycles. The quantitative estimate of drug-likeness (QED) is 0.480. The number of aliphatic hydroxyl groups is 1. The van der Waals surface area contributed by atoms with Crippen LogP contribution in [0, 0.1) is 6.92 Å². The van der Waals surface area contributed by atoms with Crippen LogP contribution in [0.2, 0.25) is 0 Å². The van der Waals surface area contributed by atoms with Crippen LogP contribution in [0.3, 0.4) is 0 Å². The van der Waals surface area contributed by atoms with Crippen LogP contribution in [0.1, 0.15) is 37.1 Å². The average Bonchev–Trinajstić information content (AvgIpc) is 2.78. The van der Waals surface area contributed by atoms with E-state index in [-0.39, 0.29) is 6.54 Å². The Morgan fingerprint density at radius 1 is 1.27 bits per heavy atom. The van der Waals surface area contributed by atoms with Gasteiger partial charge in [0.15, 0.2) is 5.96 Å².